The van der Waals surface area contributed by atoms with Gasteiger partial charge in [-0.1, -0.05) is 53.4 Å². The summed E-state index contributed by atoms with van der Waals surface area (Å²) in [6, 6.07) is 0. The Balaban J connectivity index is -0.000000350. The Morgan fingerprint density at radius 2 is 0.815 bits per heavy atom. The first-order valence-electron chi connectivity index (χ1n) is 11.0. The first-order chi connectivity index (χ1) is 12.7. The summed E-state index contributed by atoms with van der Waals surface area (Å²) in [7, 11) is 0. The van der Waals surface area contributed by atoms with Crippen molar-refractivity contribution in [2.24, 2.45) is 6.99 Å². The molecule has 0 aliphatic carbocycles. The molecule has 164 valence electrons. The smallest absolute Gasteiger partial charge is 0.0670 e. The van der Waals surface area contributed by atoms with E-state index in [2.05, 4.69) is 86.9 Å². The molecule has 0 atom stereocenters. The summed E-state index contributed by atoms with van der Waals surface area (Å²) in [5.74, 6) is 0. The molecule has 0 amide bonds. The van der Waals surface area contributed by atoms with Crippen molar-refractivity contribution in [1.29, 1.82) is 0 Å². The summed E-state index contributed by atoms with van der Waals surface area (Å²) in [5.41, 5.74) is 0.297. The summed E-state index contributed by atoms with van der Waals surface area (Å²) >= 11 is -0.492. The Bertz CT molecular complexity index is 310. The quantitative estimate of drug-likeness (QED) is 0.206. The van der Waals surface area contributed by atoms with Crippen LogP contribution < -0.4 is 0 Å². The Morgan fingerprint density at radius 3 is 1.00 bits per heavy atom. The zero-order chi connectivity index (χ0) is 21.6. The van der Waals surface area contributed by atoms with Gasteiger partial charge >= 0.3 is 90.7 Å². The molecule has 4 nitrogen and oxygen atoms in total. The summed E-state index contributed by atoms with van der Waals surface area (Å²) in [6.07, 6.45) is 7.00. The van der Waals surface area contributed by atoms with Gasteiger partial charge in [0.2, 0.25) is 0 Å². The number of nitrogens with zero attached hydrogens (tertiary/aromatic N) is 4. The number of hydrogen-bond donors (Lipinski definition) is 0. The fourth-order valence-electron chi connectivity index (χ4n) is 1.23. The van der Waals surface area contributed by atoms with E-state index in [9.17, 15) is 0 Å². The number of rotatable bonds is 12. The molecule has 0 aliphatic heterocycles. The van der Waals surface area contributed by atoms with Crippen molar-refractivity contribution >= 4 is 0 Å². The van der Waals surface area contributed by atoms with Crippen LogP contribution in [0.4, 0.5) is 0 Å². The van der Waals surface area contributed by atoms with Gasteiger partial charge in [0.25, 0.3) is 0 Å². The van der Waals surface area contributed by atoms with E-state index in [1.807, 2.05) is 0 Å². The Labute approximate surface area is 180 Å². The van der Waals surface area contributed by atoms with Gasteiger partial charge in [0, 0.05) is 0 Å². The van der Waals surface area contributed by atoms with Crippen molar-refractivity contribution in [3.8, 4) is 0 Å². The topological polar surface area (TPSA) is 52.9 Å². The van der Waals surface area contributed by atoms with Crippen LogP contribution >= 0.6 is 0 Å². The van der Waals surface area contributed by atoms with E-state index in [4.69, 9.17) is 0 Å². The molecular formula is C22H50MoN4. The van der Waals surface area contributed by atoms with Gasteiger partial charge in [-0.15, -0.1) is 26.2 Å². The first kappa shape index (κ1) is 31.9. The second-order valence-corrected chi connectivity index (χ2v) is 9.24. The average Bonchev–Trinajstić information content (AvgIpc) is 2.63. The fraction of sp³-hybridized carbons (Fsp3) is 1.00. The maximum absolute atomic E-state index is 4.67. The second-order valence-electron chi connectivity index (χ2n) is 7.94. The molecule has 0 saturated carbocycles. The van der Waals surface area contributed by atoms with Crippen LogP contribution in [0, 0.1) is 0 Å². The van der Waals surface area contributed by atoms with Crippen LogP contribution in [0.2, 0.25) is 0 Å². The van der Waals surface area contributed by atoms with Gasteiger partial charge in [-0.3, -0.25) is 0 Å². The van der Waals surface area contributed by atoms with E-state index >= 15 is 0 Å². The van der Waals surface area contributed by atoms with E-state index in [-0.39, 0.29) is 11.1 Å². The van der Waals surface area contributed by atoms with Crippen molar-refractivity contribution in [3.63, 3.8) is 0 Å². The van der Waals surface area contributed by atoms with Gasteiger partial charge < -0.3 is 10.6 Å². The Kier molecular flexibility index (Phi) is 26.6. The molecule has 0 radical (unpaired) electrons. The average molecular weight is 467 g/mol. The largest absolute Gasteiger partial charge is 0.662 e. The molecule has 0 fully saturated rings. The zero-order valence-corrected chi connectivity index (χ0v) is 22.3. The molecule has 5 heteroatoms. The van der Waals surface area contributed by atoms with Crippen LogP contribution in [0.3, 0.4) is 0 Å². The maximum Gasteiger partial charge on any atom is -0.0670 e. The molecule has 0 N–H and O–H groups in total. The Hall–Kier alpha value is 0.208. The van der Waals surface area contributed by atoms with Crippen molar-refractivity contribution in [2.45, 2.75) is 119 Å². The first-order valence-corrected chi connectivity index (χ1v) is 12.8. The normalized spacial score (nSPS) is 10.7. The van der Waals surface area contributed by atoms with E-state index in [0.717, 1.165) is 39.0 Å². The third-order valence-corrected chi connectivity index (χ3v) is 6.66. The van der Waals surface area contributed by atoms with Crippen molar-refractivity contribution < 1.29 is 18.2 Å². The van der Waals surface area contributed by atoms with Gasteiger partial charge in [-0.2, -0.15) is 0 Å². The molecule has 0 spiro atoms. The minimum absolute atomic E-state index is 0.148. The third kappa shape index (κ3) is 31.1. The van der Waals surface area contributed by atoms with Crippen molar-refractivity contribution in [1.82, 2.24) is 0 Å². The van der Waals surface area contributed by atoms with E-state index in [1.54, 1.807) is 0 Å². The van der Waals surface area contributed by atoms with Crippen LogP contribution in [0.1, 0.15) is 108 Å². The molecule has 0 unspecified atom stereocenters. The van der Waals surface area contributed by atoms with Crippen LogP contribution in [0.15, 0.2) is 6.99 Å². The second kappa shape index (κ2) is 22.5. The van der Waals surface area contributed by atoms with E-state index in [0.29, 0.717) is 0 Å². The van der Waals surface area contributed by atoms with Gasteiger partial charge in [0.15, 0.2) is 0 Å². The molecule has 0 aromatic heterocycles. The molecule has 0 bridgehead atoms. The molecule has 27 heavy (non-hydrogen) atoms. The van der Waals surface area contributed by atoms with Crippen LogP contribution in [0.5, 0.6) is 0 Å². The van der Waals surface area contributed by atoms with Crippen molar-refractivity contribution in [3.05, 3.63) is 10.6 Å². The van der Waals surface area contributed by atoms with Gasteiger partial charge in [0.1, 0.15) is 0 Å². The molecule has 0 heterocycles. The maximum atomic E-state index is 4.67. The number of hydrogen-bond acceptors (Lipinski definition) is 2. The molecule has 0 aromatic rings. The van der Waals surface area contributed by atoms with Crippen LogP contribution in [0.25, 0.3) is 10.6 Å². The van der Waals surface area contributed by atoms with Crippen LogP contribution in [-0.4, -0.2) is 37.3 Å². The summed E-state index contributed by atoms with van der Waals surface area (Å²) in [5, 5.41) is 8.42. The van der Waals surface area contributed by atoms with Gasteiger partial charge in [-0.05, 0) is 0 Å². The minimum Gasteiger partial charge on any atom is -0.662 e. The predicted octanol–water partition coefficient (Wildman–Crippen LogP) is 8.17. The van der Waals surface area contributed by atoms with Gasteiger partial charge in [-0.25, -0.2) is 0 Å². The standard InChI is InChI=1S/2C6H14N.2C5H11N.Mo/c2*1-3-5-7-6-4-2;2*1-4-5(2,3)6;/h2*3-6H2,1-2H3;2*4H2,1-3H3;/q2*-1;;;+2. The van der Waals surface area contributed by atoms with Gasteiger partial charge in [0.05, 0.1) is 0 Å². The van der Waals surface area contributed by atoms with E-state index in [1.165, 1.54) is 25.7 Å². The SMILES string of the molecule is CCC(C)(C)[N]=[Mo+2]=[N]C(C)(C)CC.CCC[N-]CCC.CCC[N-]CCC. The van der Waals surface area contributed by atoms with E-state index < -0.39 is 18.2 Å². The van der Waals surface area contributed by atoms with Crippen molar-refractivity contribution in [2.75, 3.05) is 26.2 Å². The summed E-state index contributed by atoms with van der Waals surface area (Å²) in [6.45, 7) is 25.9. The zero-order valence-electron chi connectivity index (χ0n) is 20.3. The minimum atomic E-state index is -0.492. The third-order valence-electron chi connectivity index (χ3n) is 3.83. The monoisotopic (exact) mass is 468 g/mol. The summed E-state index contributed by atoms with van der Waals surface area (Å²) < 4.78 is 9.34. The van der Waals surface area contributed by atoms with Crippen LogP contribution in [-0.2, 0) is 18.2 Å². The molecular weight excluding hydrogens is 416 g/mol. The fourth-order valence-corrected chi connectivity index (χ4v) is 3.05. The summed E-state index contributed by atoms with van der Waals surface area (Å²) in [4.78, 5) is 0. The molecule has 0 saturated heterocycles. The molecule has 0 rings (SSSR count). The molecule has 0 aliphatic rings. The predicted molar refractivity (Wildman–Crippen MR) is 121 cm³/mol. The Morgan fingerprint density at radius 1 is 0.556 bits per heavy atom. The molecule has 0 aromatic carbocycles.